The molecule has 1 fully saturated rings. The van der Waals surface area contributed by atoms with Gasteiger partial charge in [0.15, 0.2) is 0 Å². The molecule has 3 rings (SSSR count). The van der Waals surface area contributed by atoms with Gasteiger partial charge in [0.2, 0.25) is 5.91 Å². The van der Waals surface area contributed by atoms with Crippen LogP contribution in [0.15, 0.2) is 54.6 Å². The smallest absolute Gasteiger partial charge is 0.238 e. The van der Waals surface area contributed by atoms with Gasteiger partial charge in [0.05, 0.1) is 12.1 Å². The van der Waals surface area contributed by atoms with Gasteiger partial charge in [-0.25, -0.2) is 4.39 Å². The molecule has 1 atom stereocenters. The predicted octanol–water partition coefficient (Wildman–Crippen LogP) is 3.06. The number of carbonyl (C=O) groups is 1. The summed E-state index contributed by atoms with van der Waals surface area (Å²) in [5.41, 5.74) is -0.452. The van der Waals surface area contributed by atoms with Crippen LogP contribution < -0.4 is 10.1 Å². The molecule has 0 saturated carbocycles. The molecule has 2 aromatic carbocycles. The lowest BCUT2D eigenvalue weighted by molar-refractivity contribution is -0.117. The Kier molecular flexibility index (Phi) is 6.42. The molecule has 1 unspecified atom stereocenters. The Morgan fingerprint density at radius 2 is 1.96 bits per heavy atom. The maximum Gasteiger partial charge on any atom is 0.238 e. The Morgan fingerprint density at radius 3 is 2.74 bits per heavy atom. The zero-order chi connectivity index (χ0) is 19.1. The monoisotopic (exact) mass is 372 g/mol. The summed E-state index contributed by atoms with van der Waals surface area (Å²) >= 11 is 0. The third-order valence-corrected chi connectivity index (χ3v) is 4.74. The lowest BCUT2D eigenvalue weighted by Gasteiger charge is -2.27. The first-order valence-corrected chi connectivity index (χ1v) is 9.20. The fraction of sp³-hybridized carbons (Fsp3) is 0.381. The molecule has 1 heterocycles. The van der Waals surface area contributed by atoms with Crippen molar-refractivity contribution in [3.05, 3.63) is 60.4 Å². The molecule has 0 bridgehead atoms. The van der Waals surface area contributed by atoms with Crippen molar-refractivity contribution in [2.45, 2.75) is 24.9 Å². The fourth-order valence-electron chi connectivity index (χ4n) is 3.24. The number of carbonyl (C=O) groups excluding carboxylic acids is 1. The summed E-state index contributed by atoms with van der Waals surface area (Å²) in [5, 5.41) is 13.5. The number of amides is 1. The first kappa shape index (κ1) is 19.3. The number of ether oxygens (including phenoxy) is 1. The van der Waals surface area contributed by atoms with Crippen molar-refractivity contribution < 1.29 is 19.0 Å². The van der Waals surface area contributed by atoms with Crippen LogP contribution in [0.1, 0.15) is 19.3 Å². The predicted molar refractivity (Wildman–Crippen MR) is 102 cm³/mol. The molecule has 5 nitrogen and oxygen atoms in total. The molecule has 0 spiro atoms. The Morgan fingerprint density at radius 1 is 1.15 bits per heavy atom. The average Bonchev–Trinajstić information content (AvgIpc) is 2.83. The van der Waals surface area contributed by atoms with Gasteiger partial charge in [0, 0.05) is 12.2 Å². The van der Waals surface area contributed by atoms with E-state index in [0.29, 0.717) is 25.1 Å². The van der Waals surface area contributed by atoms with Crippen molar-refractivity contribution in [3.63, 3.8) is 0 Å². The Labute approximate surface area is 158 Å². The second-order valence-electron chi connectivity index (χ2n) is 7.01. The Hall–Kier alpha value is -2.44. The van der Waals surface area contributed by atoms with Crippen LogP contribution in [0.4, 0.5) is 10.1 Å². The van der Waals surface area contributed by atoms with Crippen molar-refractivity contribution in [3.8, 4) is 5.75 Å². The Balaban J connectivity index is 1.48. The summed E-state index contributed by atoms with van der Waals surface area (Å²) in [4.78, 5) is 14.2. The molecule has 1 aliphatic rings. The minimum Gasteiger partial charge on any atom is -0.491 e. The van der Waals surface area contributed by atoms with Crippen molar-refractivity contribution in [2.75, 3.05) is 31.6 Å². The molecule has 1 saturated heterocycles. The molecule has 2 N–H and O–H groups in total. The fourth-order valence-corrected chi connectivity index (χ4v) is 3.24. The van der Waals surface area contributed by atoms with E-state index in [1.54, 1.807) is 12.1 Å². The number of benzene rings is 2. The Bertz CT molecular complexity index is 756. The van der Waals surface area contributed by atoms with Gasteiger partial charge in [0.1, 0.15) is 18.2 Å². The van der Waals surface area contributed by atoms with Gasteiger partial charge >= 0.3 is 0 Å². The number of likely N-dealkylation sites (tertiary alicyclic amines) is 1. The zero-order valence-corrected chi connectivity index (χ0v) is 15.2. The van der Waals surface area contributed by atoms with Crippen molar-refractivity contribution >= 4 is 11.6 Å². The summed E-state index contributed by atoms with van der Waals surface area (Å²) < 4.78 is 18.9. The highest BCUT2D eigenvalue weighted by Crippen LogP contribution is 2.24. The number of anilines is 1. The summed E-state index contributed by atoms with van der Waals surface area (Å²) in [6, 6.07) is 15.3. The third-order valence-electron chi connectivity index (χ3n) is 4.74. The minimum absolute atomic E-state index is 0.188. The van der Waals surface area contributed by atoms with Gasteiger partial charge in [-0.3, -0.25) is 9.69 Å². The normalized spacial score (nSPS) is 20.7. The second-order valence-corrected chi connectivity index (χ2v) is 7.01. The van der Waals surface area contributed by atoms with E-state index in [0.717, 1.165) is 18.7 Å². The van der Waals surface area contributed by atoms with Gasteiger partial charge in [-0.15, -0.1) is 0 Å². The maximum atomic E-state index is 13.2. The molecular weight excluding hydrogens is 347 g/mol. The lowest BCUT2D eigenvalue weighted by atomic mass is 9.96. The SMILES string of the molecule is O=C(CN1CCCC(O)(COc2ccccc2)CC1)Nc1cccc(F)c1. The molecular formula is C21H25FN2O3. The summed E-state index contributed by atoms with van der Waals surface area (Å²) in [5.74, 6) is 0.166. The van der Waals surface area contributed by atoms with E-state index in [1.165, 1.54) is 12.1 Å². The van der Waals surface area contributed by atoms with Crippen LogP contribution in [0.3, 0.4) is 0 Å². The van der Waals surface area contributed by atoms with Crippen molar-refractivity contribution in [2.24, 2.45) is 0 Å². The van der Waals surface area contributed by atoms with Crippen LogP contribution in [-0.2, 0) is 4.79 Å². The standard InChI is InChI=1S/C21H25FN2O3/c22-17-6-4-7-18(14-17)23-20(25)15-24-12-5-10-21(26,11-13-24)16-27-19-8-2-1-3-9-19/h1-4,6-9,14,26H,5,10-13,15-16H2,(H,23,25). The summed E-state index contributed by atoms with van der Waals surface area (Å²) in [6.07, 6.45) is 1.94. The van der Waals surface area contributed by atoms with Crippen LogP contribution >= 0.6 is 0 Å². The van der Waals surface area contributed by atoms with E-state index in [2.05, 4.69) is 5.32 Å². The van der Waals surface area contributed by atoms with E-state index >= 15 is 0 Å². The van der Waals surface area contributed by atoms with E-state index < -0.39 is 5.60 Å². The molecule has 0 aliphatic carbocycles. The van der Waals surface area contributed by atoms with Crippen LogP contribution in [0.25, 0.3) is 0 Å². The van der Waals surface area contributed by atoms with E-state index in [4.69, 9.17) is 4.74 Å². The van der Waals surface area contributed by atoms with Crippen LogP contribution in [0.5, 0.6) is 5.75 Å². The average molecular weight is 372 g/mol. The molecule has 2 aromatic rings. The largest absolute Gasteiger partial charge is 0.491 e. The number of nitrogens with one attached hydrogen (secondary N) is 1. The molecule has 0 radical (unpaired) electrons. The topological polar surface area (TPSA) is 61.8 Å². The maximum absolute atomic E-state index is 13.2. The summed E-state index contributed by atoms with van der Waals surface area (Å²) in [7, 11) is 0. The number of aliphatic hydroxyl groups is 1. The van der Waals surface area contributed by atoms with Gasteiger partial charge in [-0.05, 0) is 56.1 Å². The number of hydrogen-bond donors (Lipinski definition) is 2. The number of hydrogen-bond acceptors (Lipinski definition) is 4. The van der Waals surface area contributed by atoms with Crippen molar-refractivity contribution in [1.82, 2.24) is 4.90 Å². The highest BCUT2D eigenvalue weighted by molar-refractivity contribution is 5.92. The summed E-state index contributed by atoms with van der Waals surface area (Å²) in [6.45, 7) is 1.78. The van der Waals surface area contributed by atoms with E-state index in [1.807, 2.05) is 35.2 Å². The first-order valence-electron chi connectivity index (χ1n) is 9.20. The van der Waals surface area contributed by atoms with Gasteiger partial charge in [-0.1, -0.05) is 24.3 Å². The molecule has 1 aliphatic heterocycles. The van der Waals surface area contributed by atoms with Crippen LogP contribution in [0.2, 0.25) is 0 Å². The zero-order valence-electron chi connectivity index (χ0n) is 15.2. The second kappa shape index (κ2) is 8.97. The molecule has 144 valence electrons. The van der Waals surface area contributed by atoms with Gasteiger partial charge in [0.25, 0.3) is 0 Å². The number of halogens is 1. The van der Waals surface area contributed by atoms with E-state index in [9.17, 15) is 14.3 Å². The number of rotatable bonds is 6. The van der Waals surface area contributed by atoms with E-state index in [-0.39, 0.29) is 24.9 Å². The molecule has 1 amide bonds. The molecule has 0 aromatic heterocycles. The lowest BCUT2D eigenvalue weighted by Crippen LogP contribution is -2.38. The number of para-hydroxylation sites is 1. The number of nitrogens with zero attached hydrogens (tertiary/aromatic N) is 1. The van der Waals surface area contributed by atoms with Crippen molar-refractivity contribution in [1.29, 1.82) is 0 Å². The highest BCUT2D eigenvalue weighted by Gasteiger charge is 2.31. The third kappa shape index (κ3) is 6.05. The molecule has 6 heteroatoms. The minimum atomic E-state index is -0.899. The van der Waals surface area contributed by atoms with Crippen LogP contribution in [-0.4, -0.2) is 47.8 Å². The molecule has 27 heavy (non-hydrogen) atoms. The van der Waals surface area contributed by atoms with Gasteiger partial charge in [-0.2, -0.15) is 0 Å². The first-order chi connectivity index (χ1) is 13.0. The van der Waals surface area contributed by atoms with Crippen LogP contribution in [0, 0.1) is 5.82 Å². The highest BCUT2D eigenvalue weighted by atomic mass is 19.1. The van der Waals surface area contributed by atoms with Gasteiger partial charge < -0.3 is 15.2 Å². The quantitative estimate of drug-likeness (QED) is 0.818.